The molecule has 0 spiro atoms. The van der Waals surface area contributed by atoms with Gasteiger partial charge >= 0.3 is 5.97 Å². The zero-order valence-corrected chi connectivity index (χ0v) is 9.89. The molecule has 0 aromatic carbocycles. The van der Waals surface area contributed by atoms with Gasteiger partial charge in [-0.15, -0.1) is 0 Å². The van der Waals surface area contributed by atoms with Crippen LogP contribution in [-0.2, 0) is 0 Å². The predicted molar refractivity (Wildman–Crippen MR) is 65.3 cm³/mol. The molecule has 1 fully saturated rings. The number of likely N-dealkylation sites (tertiary alicyclic amines) is 1. The fourth-order valence-electron chi connectivity index (χ4n) is 2.13. The Labute approximate surface area is 100 Å². The highest BCUT2D eigenvalue weighted by Crippen LogP contribution is 2.14. The monoisotopic (exact) mass is 235 g/mol. The minimum atomic E-state index is -0.992. The van der Waals surface area contributed by atoms with Crippen molar-refractivity contribution < 1.29 is 9.90 Å². The van der Waals surface area contributed by atoms with Crippen molar-refractivity contribution in [1.29, 1.82) is 0 Å². The first kappa shape index (κ1) is 11.9. The van der Waals surface area contributed by atoms with E-state index in [0.29, 0.717) is 6.04 Å². The van der Waals surface area contributed by atoms with E-state index < -0.39 is 5.97 Å². The predicted octanol–water partition coefficient (Wildman–Crippen LogP) is 1.29. The highest BCUT2D eigenvalue weighted by molar-refractivity contribution is 5.85. The van der Waals surface area contributed by atoms with Crippen molar-refractivity contribution in [2.75, 3.05) is 25.5 Å². The van der Waals surface area contributed by atoms with Crippen molar-refractivity contribution in [3.8, 4) is 0 Å². The van der Waals surface area contributed by atoms with Crippen LogP contribution in [0.4, 0.5) is 5.69 Å². The Bertz CT molecular complexity index is 391. The molecule has 2 rings (SSSR count). The number of hydrogen-bond acceptors (Lipinski definition) is 4. The summed E-state index contributed by atoms with van der Waals surface area (Å²) >= 11 is 0. The van der Waals surface area contributed by atoms with E-state index >= 15 is 0 Å². The van der Waals surface area contributed by atoms with Crippen molar-refractivity contribution in [1.82, 2.24) is 9.88 Å². The molecule has 92 valence electrons. The first-order chi connectivity index (χ1) is 8.15. The Balaban J connectivity index is 1.96. The maximum Gasteiger partial charge on any atom is 0.354 e. The standard InChI is InChI=1S/C12H17N3O2/c1-15-6-2-3-10(8-15)14-9-4-5-11(12(16)17)13-7-9/h4-5,7,10,14H,2-3,6,8H2,1H3,(H,16,17). The number of anilines is 1. The zero-order chi connectivity index (χ0) is 12.3. The average molecular weight is 235 g/mol. The number of nitrogens with one attached hydrogen (secondary N) is 1. The second-order valence-corrected chi connectivity index (χ2v) is 4.48. The number of piperidine rings is 1. The summed E-state index contributed by atoms with van der Waals surface area (Å²) in [5, 5.41) is 12.1. The van der Waals surface area contributed by atoms with Crippen LogP contribution in [-0.4, -0.2) is 47.1 Å². The second kappa shape index (κ2) is 5.14. The number of aromatic nitrogens is 1. The van der Waals surface area contributed by atoms with E-state index in [1.807, 2.05) is 0 Å². The molecule has 0 amide bonds. The van der Waals surface area contributed by atoms with E-state index in [9.17, 15) is 4.79 Å². The quantitative estimate of drug-likeness (QED) is 0.826. The molecule has 1 saturated heterocycles. The van der Waals surface area contributed by atoms with Crippen molar-refractivity contribution in [3.05, 3.63) is 24.0 Å². The van der Waals surface area contributed by atoms with Crippen LogP contribution in [0, 0.1) is 0 Å². The molecule has 0 radical (unpaired) electrons. The summed E-state index contributed by atoms with van der Waals surface area (Å²) in [4.78, 5) is 16.8. The number of aromatic carboxylic acids is 1. The Morgan fingerprint density at radius 3 is 3.00 bits per heavy atom. The lowest BCUT2D eigenvalue weighted by Crippen LogP contribution is -2.39. The molecule has 1 aliphatic heterocycles. The molecular weight excluding hydrogens is 218 g/mol. The zero-order valence-electron chi connectivity index (χ0n) is 9.89. The number of rotatable bonds is 3. The first-order valence-electron chi connectivity index (χ1n) is 5.79. The van der Waals surface area contributed by atoms with E-state index in [2.05, 4.69) is 22.2 Å². The topological polar surface area (TPSA) is 65.5 Å². The van der Waals surface area contributed by atoms with E-state index in [-0.39, 0.29) is 5.69 Å². The van der Waals surface area contributed by atoms with Crippen LogP contribution in [0.5, 0.6) is 0 Å². The molecule has 1 aromatic rings. The van der Waals surface area contributed by atoms with Gasteiger partial charge in [-0.3, -0.25) is 0 Å². The maximum absolute atomic E-state index is 10.7. The molecule has 1 aromatic heterocycles. The molecule has 0 aliphatic carbocycles. The van der Waals surface area contributed by atoms with Gasteiger partial charge in [0.1, 0.15) is 5.69 Å². The fraction of sp³-hybridized carbons (Fsp3) is 0.500. The molecule has 1 atom stereocenters. The van der Waals surface area contributed by atoms with Crippen LogP contribution in [0.25, 0.3) is 0 Å². The van der Waals surface area contributed by atoms with Gasteiger partial charge < -0.3 is 15.3 Å². The summed E-state index contributed by atoms with van der Waals surface area (Å²) in [5.74, 6) is -0.992. The minimum absolute atomic E-state index is 0.0799. The van der Waals surface area contributed by atoms with Gasteiger partial charge in [-0.05, 0) is 38.6 Å². The highest BCUT2D eigenvalue weighted by Gasteiger charge is 2.16. The van der Waals surface area contributed by atoms with E-state index in [4.69, 9.17) is 5.11 Å². The SMILES string of the molecule is CN1CCCC(Nc2ccc(C(=O)O)nc2)C1. The minimum Gasteiger partial charge on any atom is -0.477 e. The van der Waals surface area contributed by atoms with Crippen molar-refractivity contribution in [2.45, 2.75) is 18.9 Å². The largest absolute Gasteiger partial charge is 0.477 e. The van der Waals surface area contributed by atoms with Crippen LogP contribution in [0.1, 0.15) is 23.3 Å². The third kappa shape index (κ3) is 3.17. The average Bonchev–Trinajstić information content (AvgIpc) is 2.29. The summed E-state index contributed by atoms with van der Waals surface area (Å²) in [7, 11) is 2.11. The van der Waals surface area contributed by atoms with Gasteiger partial charge in [-0.25, -0.2) is 9.78 Å². The lowest BCUT2D eigenvalue weighted by molar-refractivity contribution is 0.0690. The molecular formula is C12H17N3O2. The number of carboxylic acids is 1. The highest BCUT2D eigenvalue weighted by atomic mass is 16.4. The van der Waals surface area contributed by atoms with Crippen LogP contribution in [0.15, 0.2) is 18.3 Å². The van der Waals surface area contributed by atoms with Crippen molar-refractivity contribution in [2.24, 2.45) is 0 Å². The van der Waals surface area contributed by atoms with Crippen LogP contribution >= 0.6 is 0 Å². The van der Waals surface area contributed by atoms with Crippen LogP contribution in [0.2, 0.25) is 0 Å². The Kier molecular flexibility index (Phi) is 3.58. The summed E-state index contributed by atoms with van der Waals surface area (Å²) in [6.45, 7) is 2.16. The summed E-state index contributed by atoms with van der Waals surface area (Å²) < 4.78 is 0. The molecule has 2 N–H and O–H groups in total. The van der Waals surface area contributed by atoms with E-state index in [1.54, 1.807) is 12.3 Å². The van der Waals surface area contributed by atoms with Gasteiger partial charge in [0.15, 0.2) is 0 Å². The van der Waals surface area contributed by atoms with Gasteiger partial charge in [0.05, 0.1) is 11.9 Å². The number of carboxylic acid groups (broad SMARTS) is 1. The third-order valence-electron chi connectivity index (χ3n) is 2.98. The van der Waals surface area contributed by atoms with E-state index in [0.717, 1.165) is 25.2 Å². The molecule has 5 heteroatoms. The molecule has 1 unspecified atom stereocenters. The molecule has 17 heavy (non-hydrogen) atoms. The molecule has 2 heterocycles. The molecule has 1 aliphatic rings. The smallest absolute Gasteiger partial charge is 0.354 e. The van der Waals surface area contributed by atoms with Gasteiger partial charge in [0.25, 0.3) is 0 Å². The molecule has 5 nitrogen and oxygen atoms in total. The normalized spacial score (nSPS) is 21.1. The van der Waals surface area contributed by atoms with Crippen LogP contribution in [0.3, 0.4) is 0 Å². The third-order valence-corrected chi connectivity index (χ3v) is 2.98. The lowest BCUT2D eigenvalue weighted by Gasteiger charge is -2.30. The number of hydrogen-bond donors (Lipinski definition) is 2. The molecule has 0 bridgehead atoms. The summed E-state index contributed by atoms with van der Waals surface area (Å²) in [6.07, 6.45) is 3.91. The first-order valence-corrected chi connectivity index (χ1v) is 5.79. The molecule has 0 saturated carbocycles. The fourth-order valence-corrected chi connectivity index (χ4v) is 2.13. The van der Waals surface area contributed by atoms with Gasteiger partial charge in [-0.2, -0.15) is 0 Å². The van der Waals surface area contributed by atoms with E-state index in [1.165, 1.54) is 12.5 Å². The number of pyridine rings is 1. The van der Waals surface area contributed by atoms with Crippen molar-refractivity contribution in [3.63, 3.8) is 0 Å². The summed E-state index contributed by atoms with van der Waals surface area (Å²) in [5.41, 5.74) is 0.964. The number of likely N-dealkylation sites (N-methyl/N-ethyl adjacent to an activating group) is 1. The Morgan fingerprint density at radius 2 is 2.41 bits per heavy atom. The number of nitrogens with zero attached hydrogens (tertiary/aromatic N) is 2. The second-order valence-electron chi connectivity index (χ2n) is 4.48. The van der Waals surface area contributed by atoms with Gasteiger partial charge in [0.2, 0.25) is 0 Å². The maximum atomic E-state index is 10.7. The van der Waals surface area contributed by atoms with Crippen LogP contribution < -0.4 is 5.32 Å². The Morgan fingerprint density at radius 1 is 1.59 bits per heavy atom. The van der Waals surface area contributed by atoms with Gasteiger partial charge in [0, 0.05) is 12.6 Å². The van der Waals surface area contributed by atoms with Gasteiger partial charge in [-0.1, -0.05) is 0 Å². The number of carbonyl (C=O) groups is 1. The Hall–Kier alpha value is -1.62. The summed E-state index contributed by atoms with van der Waals surface area (Å²) in [6, 6.07) is 3.72. The lowest BCUT2D eigenvalue weighted by atomic mass is 10.1. The van der Waals surface area contributed by atoms with Crippen molar-refractivity contribution >= 4 is 11.7 Å².